The van der Waals surface area contributed by atoms with E-state index in [2.05, 4.69) is 46.8 Å². The van der Waals surface area contributed by atoms with E-state index in [1.807, 2.05) is 0 Å². The number of para-hydroxylation sites is 2. The van der Waals surface area contributed by atoms with Crippen molar-refractivity contribution in [2.75, 3.05) is 37.0 Å². The van der Waals surface area contributed by atoms with Gasteiger partial charge in [0.2, 0.25) is 0 Å². The molecule has 0 atom stereocenters. The average molecular weight is 218 g/mol. The summed E-state index contributed by atoms with van der Waals surface area (Å²) in [6, 6.07) is 8.39. The normalized spacial score (nSPS) is 14.2. The Labute approximate surface area is 96.7 Å². The number of nitrogens with zero attached hydrogens (tertiary/aromatic N) is 1. The quantitative estimate of drug-likeness (QED) is 0.786. The number of nitrogens with one attached hydrogen (secondary N) is 1. The maximum absolute atomic E-state index is 5.09. The molecule has 1 aromatic carbocycles. The van der Waals surface area contributed by atoms with Crippen molar-refractivity contribution in [1.82, 2.24) is 0 Å². The molecule has 2 rings (SSSR count). The molecule has 0 aromatic heterocycles. The van der Waals surface area contributed by atoms with E-state index >= 15 is 0 Å². The highest BCUT2D eigenvalue weighted by atomic mass is 16.5. The summed E-state index contributed by atoms with van der Waals surface area (Å²) in [7, 11) is 1.74. The Balaban J connectivity index is 2.11. The summed E-state index contributed by atoms with van der Waals surface area (Å²) in [5.74, 6) is 0. The van der Waals surface area contributed by atoms with Crippen LogP contribution in [0.2, 0.25) is 0 Å². The monoisotopic (exact) mass is 218 g/mol. The van der Waals surface area contributed by atoms with Crippen LogP contribution in [0.4, 0.5) is 11.4 Å². The van der Waals surface area contributed by atoms with Gasteiger partial charge in [-0.3, -0.25) is 0 Å². The molecule has 3 heteroatoms. The second kappa shape index (κ2) is 5.56. The van der Waals surface area contributed by atoms with Crippen molar-refractivity contribution in [3.8, 4) is 0 Å². The Morgan fingerprint density at radius 1 is 1.38 bits per heavy atom. The van der Waals surface area contributed by atoms with E-state index in [1.165, 1.54) is 11.4 Å². The molecule has 0 aliphatic carbocycles. The van der Waals surface area contributed by atoms with Crippen LogP contribution >= 0.6 is 0 Å². The highest BCUT2D eigenvalue weighted by Gasteiger charge is 2.09. The molecule has 0 saturated heterocycles. The number of anilines is 2. The van der Waals surface area contributed by atoms with Gasteiger partial charge in [-0.15, -0.1) is 0 Å². The molecule has 0 bridgehead atoms. The fourth-order valence-corrected chi connectivity index (χ4v) is 1.88. The van der Waals surface area contributed by atoms with Crippen LogP contribution in [0, 0.1) is 0 Å². The predicted octanol–water partition coefficient (Wildman–Crippen LogP) is 2.47. The van der Waals surface area contributed by atoms with Crippen molar-refractivity contribution >= 4 is 11.4 Å². The molecule has 0 amide bonds. The summed E-state index contributed by atoms with van der Waals surface area (Å²) < 4.78 is 5.09. The molecule has 0 spiro atoms. The highest BCUT2D eigenvalue weighted by molar-refractivity contribution is 5.72. The van der Waals surface area contributed by atoms with Crippen LogP contribution in [-0.2, 0) is 4.74 Å². The lowest BCUT2D eigenvalue weighted by Crippen LogP contribution is -2.18. The zero-order chi connectivity index (χ0) is 11.2. The maximum atomic E-state index is 5.09. The number of hydrogen-bond donors (Lipinski definition) is 1. The predicted molar refractivity (Wildman–Crippen MR) is 67.9 cm³/mol. The Morgan fingerprint density at radius 2 is 2.25 bits per heavy atom. The topological polar surface area (TPSA) is 24.5 Å². The zero-order valence-electron chi connectivity index (χ0n) is 9.65. The number of fused-ring (bicyclic) bond motifs is 1. The van der Waals surface area contributed by atoms with E-state index in [4.69, 9.17) is 4.74 Å². The summed E-state index contributed by atoms with van der Waals surface area (Å²) in [6.45, 7) is 2.68. The van der Waals surface area contributed by atoms with Gasteiger partial charge in [0.1, 0.15) is 0 Å². The van der Waals surface area contributed by atoms with Crippen molar-refractivity contribution < 1.29 is 4.74 Å². The minimum atomic E-state index is 0.805. The van der Waals surface area contributed by atoms with Gasteiger partial charge in [0.25, 0.3) is 0 Å². The van der Waals surface area contributed by atoms with Gasteiger partial charge in [0, 0.05) is 33.0 Å². The number of benzene rings is 1. The van der Waals surface area contributed by atoms with E-state index in [0.29, 0.717) is 0 Å². The van der Waals surface area contributed by atoms with Gasteiger partial charge >= 0.3 is 0 Å². The second-order valence-corrected chi connectivity index (χ2v) is 3.82. The summed E-state index contributed by atoms with van der Waals surface area (Å²) >= 11 is 0. The first-order valence-corrected chi connectivity index (χ1v) is 5.67. The molecular formula is C13H18N2O. The van der Waals surface area contributed by atoms with Gasteiger partial charge in [0.15, 0.2) is 0 Å². The highest BCUT2D eigenvalue weighted by Crippen LogP contribution is 2.27. The lowest BCUT2D eigenvalue weighted by atomic mass is 10.2. The minimum absolute atomic E-state index is 0.805. The van der Waals surface area contributed by atoms with E-state index in [9.17, 15) is 0 Å². The van der Waals surface area contributed by atoms with Crippen LogP contribution < -0.4 is 10.2 Å². The molecule has 86 valence electrons. The first kappa shape index (κ1) is 11.0. The summed E-state index contributed by atoms with van der Waals surface area (Å²) in [4.78, 5) is 2.27. The van der Waals surface area contributed by atoms with Gasteiger partial charge in [-0.25, -0.2) is 0 Å². The van der Waals surface area contributed by atoms with Gasteiger partial charge < -0.3 is 15.0 Å². The third-order valence-corrected chi connectivity index (χ3v) is 2.66. The van der Waals surface area contributed by atoms with E-state index in [1.54, 1.807) is 7.11 Å². The number of hydrogen-bond acceptors (Lipinski definition) is 3. The van der Waals surface area contributed by atoms with Crippen molar-refractivity contribution in [3.63, 3.8) is 0 Å². The standard InChI is InChI=1S/C13H18N2O/c1-16-11-5-10-15-9-4-8-14-12-6-2-3-7-13(12)15/h2-4,6-7,9,14H,5,8,10-11H2,1H3. The first-order chi connectivity index (χ1) is 7.92. The van der Waals surface area contributed by atoms with Crippen molar-refractivity contribution in [1.29, 1.82) is 0 Å². The third kappa shape index (κ3) is 2.55. The van der Waals surface area contributed by atoms with Crippen LogP contribution in [0.5, 0.6) is 0 Å². The lowest BCUT2D eigenvalue weighted by molar-refractivity contribution is 0.196. The van der Waals surface area contributed by atoms with E-state index < -0.39 is 0 Å². The Hall–Kier alpha value is -1.48. The summed E-state index contributed by atoms with van der Waals surface area (Å²) in [6.07, 6.45) is 5.33. The smallest absolute Gasteiger partial charge is 0.0641 e. The molecule has 0 saturated carbocycles. The fraction of sp³-hybridized carbons (Fsp3) is 0.385. The molecule has 0 fully saturated rings. The molecular weight excluding hydrogens is 200 g/mol. The van der Waals surface area contributed by atoms with Crippen molar-refractivity contribution in [2.24, 2.45) is 0 Å². The average Bonchev–Trinajstić information content (AvgIpc) is 2.52. The van der Waals surface area contributed by atoms with Gasteiger partial charge in [-0.2, -0.15) is 0 Å². The van der Waals surface area contributed by atoms with E-state index in [0.717, 1.165) is 26.1 Å². The Morgan fingerprint density at radius 3 is 3.12 bits per heavy atom. The second-order valence-electron chi connectivity index (χ2n) is 3.82. The fourth-order valence-electron chi connectivity index (χ4n) is 1.88. The molecule has 0 unspecified atom stereocenters. The largest absolute Gasteiger partial charge is 0.385 e. The lowest BCUT2D eigenvalue weighted by Gasteiger charge is -2.21. The first-order valence-electron chi connectivity index (χ1n) is 5.67. The molecule has 0 radical (unpaired) electrons. The van der Waals surface area contributed by atoms with Gasteiger partial charge in [0.05, 0.1) is 11.4 Å². The van der Waals surface area contributed by atoms with Crippen LogP contribution in [0.15, 0.2) is 36.5 Å². The number of rotatable bonds is 4. The zero-order valence-corrected chi connectivity index (χ0v) is 9.65. The summed E-state index contributed by atoms with van der Waals surface area (Å²) in [5.41, 5.74) is 2.44. The minimum Gasteiger partial charge on any atom is -0.385 e. The van der Waals surface area contributed by atoms with Crippen LogP contribution in [0.25, 0.3) is 0 Å². The summed E-state index contributed by atoms with van der Waals surface area (Å²) in [5, 5.41) is 3.39. The molecule has 1 N–H and O–H groups in total. The SMILES string of the molecule is COCCCN1C=CCNc2ccccc21. The van der Waals surface area contributed by atoms with Crippen molar-refractivity contribution in [2.45, 2.75) is 6.42 Å². The molecule has 1 aliphatic rings. The van der Waals surface area contributed by atoms with Gasteiger partial charge in [-0.1, -0.05) is 12.1 Å². The van der Waals surface area contributed by atoms with Crippen LogP contribution in [0.1, 0.15) is 6.42 Å². The van der Waals surface area contributed by atoms with Crippen LogP contribution in [0.3, 0.4) is 0 Å². The third-order valence-electron chi connectivity index (χ3n) is 2.66. The molecule has 1 heterocycles. The van der Waals surface area contributed by atoms with Gasteiger partial charge in [-0.05, 0) is 24.6 Å². The Kier molecular flexibility index (Phi) is 3.83. The Bertz CT molecular complexity index is 363. The van der Waals surface area contributed by atoms with E-state index in [-0.39, 0.29) is 0 Å². The number of ether oxygens (including phenoxy) is 1. The van der Waals surface area contributed by atoms with Crippen LogP contribution in [-0.4, -0.2) is 26.8 Å². The molecule has 3 nitrogen and oxygen atoms in total. The maximum Gasteiger partial charge on any atom is 0.0641 e. The van der Waals surface area contributed by atoms with Crippen molar-refractivity contribution in [3.05, 3.63) is 36.5 Å². The number of methoxy groups -OCH3 is 1. The molecule has 1 aromatic rings. The molecule has 16 heavy (non-hydrogen) atoms. The molecule has 1 aliphatic heterocycles.